The van der Waals surface area contributed by atoms with Crippen LogP contribution in [0.25, 0.3) is 0 Å². The number of nitrogens with one attached hydrogen (secondary N) is 1. The molecule has 0 aliphatic carbocycles. The van der Waals surface area contributed by atoms with Crippen molar-refractivity contribution in [3.63, 3.8) is 0 Å². The Labute approximate surface area is 193 Å². The van der Waals surface area contributed by atoms with E-state index < -0.39 is 15.7 Å². The molecule has 32 heavy (non-hydrogen) atoms. The third-order valence-corrected chi connectivity index (χ3v) is 8.56. The van der Waals surface area contributed by atoms with Crippen molar-refractivity contribution in [2.75, 3.05) is 13.1 Å². The molecule has 9 heteroatoms. The highest BCUT2D eigenvalue weighted by atomic mass is 35.5. The molecule has 0 saturated carbocycles. The van der Waals surface area contributed by atoms with Crippen LogP contribution >= 0.6 is 11.6 Å². The van der Waals surface area contributed by atoms with Gasteiger partial charge < -0.3 is 4.90 Å². The molecule has 0 radical (unpaired) electrons. The fourth-order valence-corrected chi connectivity index (χ4v) is 6.10. The minimum Gasteiger partial charge on any atom is -0.319 e. The summed E-state index contributed by atoms with van der Waals surface area (Å²) in [6.45, 7) is 4.90. The number of sulfonamides is 1. The van der Waals surface area contributed by atoms with Crippen molar-refractivity contribution in [3.8, 4) is 0 Å². The van der Waals surface area contributed by atoms with Gasteiger partial charge in [0, 0.05) is 24.7 Å². The molecule has 4 rings (SSSR count). The lowest BCUT2D eigenvalue weighted by Gasteiger charge is -2.44. The molecule has 1 atom stereocenters. The highest BCUT2D eigenvalue weighted by Gasteiger charge is 2.53. The van der Waals surface area contributed by atoms with Gasteiger partial charge in [0.1, 0.15) is 5.82 Å². The molecular weight excluding hydrogens is 453 g/mol. The first-order valence-electron chi connectivity index (χ1n) is 10.7. The zero-order chi connectivity index (χ0) is 23.1. The lowest BCUT2D eigenvalue weighted by Crippen LogP contribution is -2.59. The number of carbonyl (C=O) groups is 1. The van der Waals surface area contributed by atoms with Crippen LogP contribution in [0.3, 0.4) is 0 Å². The molecule has 0 unspecified atom stereocenters. The van der Waals surface area contributed by atoms with Gasteiger partial charge in [-0.2, -0.15) is 4.31 Å². The van der Waals surface area contributed by atoms with Crippen molar-refractivity contribution in [2.45, 2.75) is 49.8 Å². The number of halogens is 2. The summed E-state index contributed by atoms with van der Waals surface area (Å²) in [5.41, 5.74) is 0.202. The quantitative estimate of drug-likeness (QED) is 0.711. The Morgan fingerprint density at radius 2 is 1.69 bits per heavy atom. The fourth-order valence-electron chi connectivity index (χ4n) is 4.53. The highest BCUT2D eigenvalue weighted by molar-refractivity contribution is 7.89. The molecule has 2 aliphatic heterocycles. The first-order valence-corrected chi connectivity index (χ1v) is 12.5. The lowest BCUT2D eigenvalue weighted by molar-refractivity contribution is -0.134. The second kappa shape index (κ2) is 8.74. The van der Waals surface area contributed by atoms with Crippen LogP contribution in [0.2, 0.25) is 5.02 Å². The molecule has 172 valence electrons. The molecule has 2 aromatic rings. The summed E-state index contributed by atoms with van der Waals surface area (Å²) in [7, 11) is -3.65. The molecule has 2 aromatic carbocycles. The highest BCUT2D eigenvalue weighted by Crippen LogP contribution is 2.37. The van der Waals surface area contributed by atoms with Gasteiger partial charge in [-0.25, -0.2) is 12.8 Å². The van der Waals surface area contributed by atoms with E-state index in [2.05, 4.69) is 5.32 Å². The molecule has 2 saturated heterocycles. The van der Waals surface area contributed by atoms with E-state index in [0.717, 1.165) is 5.56 Å². The van der Waals surface area contributed by atoms with Gasteiger partial charge in [0.2, 0.25) is 15.9 Å². The first kappa shape index (κ1) is 23.2. The van der Waals surface area contributed by atoms with Gasteiger partial charge >= 0.3 is 0 Å². The smallest absolute Gasteiger partial charge is 0.243 e. The van der Waals surface area contributed by atoms with Crippen molar-refractivity contribution >= 4 is 27.5 Å². The van der Waals surface area contributed by atoms with Gasteiger partial charge in [-0.15, -0.1) is 0 Å². The SMILES string of the molecule is CC(C)[C@@H]1NC2(CCN(S(=O)(=O)c3ccc(Cl)cc3)CC2)N(Cc2ccc(F)cc2)C1=O. The zero-order valence-electron chi connectivity index (χ0n) is 18.1. The Morgan fingerprint density at radius 1 is 1.09 bits per heavy atom. The molecule has 6 nitrogen and oxygen atoms in total. The van der Waals surface area contributed by atoms with Crippen LogP contribution < -0.4 is 5.32 Å². The van der Waals surface area contributed by atoms with Crippen molar-refractivity contribution in [1.29, 1.82) is 0 Å². The molecule has 2 fully saturated rings. The topological polar surface area (TPSA) is 69.7 Å². The number of rotatable bonds is 5. The Bertz CT molecular complexity index is 1080. The molecule has 0 bridgehead atoms. The third-order valence-electron chi connectivity index (χ3n) is 6.39. The van der Waals surface area contributed by atoms with E-state index in [4.69, 9.17) is 11.6 Å². The van der Waals surface area contributed by atoms with Gasteiger partial charge in [-0.1, -0.05) is 37.6 Å². The number of nitrogens with zero attached hydrogens (tertiary/aromatic N) is 2. The van der Waals surface area contributed by atoms with Gasteiger partial charge in [0.05, 0.1) is 16.6 Å². The summed E-state index contributed by atoms with van der Waals surface area (Å²) < 4.78 is 41.0. The van der Waals surface area contributed by atoms with Gasteiger partial charge in [0.25, 0.3) is 0 Å². The van der Waals surface area contributed by atoms with Crippen molar-refractivity contribution in [1.82, 2.24) is 14.5 Å². The lowest BCUT2D eigenvalue weighted by atomic mass is 9.96. The first-order chi connectivity index (χ1) is 15.1. The Hall–Kier alpha value is -2.00. The van der Waals surface area contributed by atoms with E-state index in [1.807, 2.05) is 18.7 Å². The summed E-state index contributed by atoms with van der Waals surface area (Å²) in [6, 6.07) is 11.9. The minimum atomic E-state index is -3.65. The molecule has 2 heterocycles. The van der Waals surface area contributed by atoms with Crippen LogP contribution in [0.5, 0.6) is 0 Å². The van der Waals surface area contributed by atoms with Crippen LogP contribution in [0, 0.1) is 11.7 Å². The summed E-state index contributed by atoms with van der Waals surface area (Å²) in [4.78, 5) is 15.3. The summed E-state index contributed by atoms with van der Waals surface area (Å²) in [5.74, 6) is -0.234. The third kappa shape index (κ3) is 4.29. The Morgan fingerprint density at radius 3 is 2.25 bits per heavy atom. The number of hydrogen-bond donors (Lipinski definition) is 1. The van der Waals surface area contributed by atoms with E-state index in [9.17, 15) is 17.6 Å². The van der Waals surface area contributed by atoms with Crippen LogP contribution in [0.15, 0.2) is 53.4 Å². The van der Waals surface area contributed by atoms with Gasteiger partial charge in [-0.05, 0) is 60.7 Å². The Balaban J connectivity index is 1.56. The van der Waals surface area contributed by atoms with Crippen molar-refractivity contribution in [3.05, 3.63) is 64.9 Å². The largest absolute Gasteiger partial charge is 0.319 e. The second-order valence-corrected chi connectivity index (χ2v) is 11.2. The van der Waals surface area contributed by atoms with Crippen molar-refractivity contribution in [2.24, 2.45) is 5.92 Å². The Kier molecular flexibility index (Phi) is 6.33. The fraction of sp³-hybridized carbons (Fsp3) is 0.435. The standard InChI is InChI=1S/C23H27ClFN3O3S/c1-16(2)21-22(29)28(15-17-3-7-19(25)8-4-17)23(26-21)11-13-27(14-12-23)32(30,31)20-9-5-18(24)6-10-20/h3-10,16,21,26H,11-15H2,1-2H3/t21-/m0/s1. The molecule has 1 amide bonds. The van der Waals surface area contributed by atoms with E-state index in [1.165, 1.54) is 28.6 Å². The normalized spacial score (nSPS) is 21.6. The average Bonchev–Trinajstić information content (AvgIpc) is 3.02. The maximum Gasteiger partial charge on any atom is 0.243 e. The van der Waals surface area contributed by atoms with Crippen molar-refractivity contribution < 1.29 is 17.6 Å². The van der Waals surface area contributed by atoms with E-state index in [0.29, 0.717) is 24.4 Å². The molecule has 1 N–H and O–H groups in total. The predicted octanol–water partition coefficient (Wildman–Crippen LogP) is 3.62. The number of hydrogen-bond acceptors (Lipinski definition) is 4. The maximum absolute atomic E-state index is 13.3. The molecule has 1 spiro atoms. The van der Waals surface area contributed by atoms with E-state index in [-0.39, 0.29) is 41.7 Å². The van der Waals surface area contributed by atoms with Crippen LogP contribution in [-0.4, -0.2) is 48.3 Å². The summed E-state index contributed by atoms with van der Waals surface area (Å²) in [6.07, 6.45) is 0.936. The average molecular weight is 480 g/mol. The molecule has 2 aliphatic rings. The van der Waals surface area contributed by atoms with Gasteiger partial charge in [0.15, 0.2) is 0 Å². The van der Waals surface area contributed by atoms with E-state index >= 15 is 0 Å². The number of carbonyl (C=O) groups excluding carboxylic acids is 1. The van der Waals surface area contributed by atoms with Crippen LogP contribution in [-0.2, 0) is 21.4 Å². The zero-order valence-corrected chi connectivity index (χ0v) is 19.7. The van der Waals surface area contributed by atoms with Crippen LogP contribution in [0.4, 0.5) is 4.39 Å². The maximum atomic E-state index is 13.3. The summed E-state index contributed by atoms with van der Waals surface area (Å²) in [5, 5.41) is 4.00. The van der Waals surface area contributed by atoms with Crippen LogP contribution in [0.1, 0.15) is 32.3 Å². The molecule has 0 aromatic heterocycles. The monoisotopic (exact) mass is 479 g/mol. The number of benzene rings is 2. The minimum absolute atomic E-state index is 0.00154. The number of piperidine rings is 1. The molecular formula is C23H27ClFN3O3S. The van der Waals surface area contributed by atoms with E-state index in [1.54, 1.807) is 24.3 Å². The second-order valence-electron chi connectivity index (χ2n) is 8.81. The predicted molar refractivity (Wildman–Crippen MR) is 121 cm³/mol. The summed E-state index contributed by atoms with van der Waals surface area (Å²) >= 11 is 5.90. The van der Waals surface area contributed by atoms with Gasteiger partial charge in [-0.3, -0.25) is 10.1 Å². The number of amides is 1.